The molecule has 3 rings (SSSR count). The number of hydrogen-bond donors (Lipinski definition) is 1. The smallest absolute Gasteiger partial charge is 0.173 e. The summed E-state index contributed by atoms with van der Waals surface area (Å²) in [4.78, 5) is 6.48. The molecule has 0 radical (unpaired) electrons. The number of rotatable bonds is 5. The average Bonchev–Trinajstić information content (AvgIpc) is 3.38. The third-order valence-corrected chi connectivity index (χ3v) is 4.25. The van der Waals surface area contributed by atoms with E-state index in [9.17, 15) is 0 Å². The van der Waals surface area contributed by atoms with Gasteiger partial charge in [-0.15, -0.1) is 0 Å². The van der Waals surface area contributed by atoms with E-state index in [0.29, 0.717) is 6.04 Å². The second-order valence-electron chi connectivity index (χ2n) is 5.70. The van der Waals surface area contributed by atoms with E-state index in [2.05, 4.69) is 52.5 Å². The minimum absolute atomic E-state index is 0.564. The van der Waals surface area contributed by atoms with Gasteiger partial charge in [-0.2, -0.15) is 0 Å². The molecule has 1 aromatic heterocycles. The largest absolute Gasteiger partial charge is 0.342 e. The molecule has 0 atom stereocenters. The highest BCUT2D eigenvalue weighted by molar-refractivity contribution is 7.80. The van der Waals surface area contributed by atoms with Crippen LogP contribution in [-0.4, -0.2) is 21.0 Å². The molecule has 22 heavy (non-hydrogen) atoms. The quantitative estimate of drug-likeness (QED) is 0.845. The maximum atomic E-state index is 5.65. The summed E-state index contributed by atoms with van der Waals surface area (Å²) >= 11 is 5.65. The van der Waals surface area contributed by atoms with E-state index in [1.54, 1.807) is 6.20 Å². The lowest BCUT2D eigenvalue weighted by Gasteiger charge is -2.26. The van der Waals surface area contributed by atoms with Crippen LogP contribution >= 0.6 is 12.2 Å². The number of nitrogens with zero attached hydrogens (tertiary/aromatic N) is 2. The molecule has 1 aliphatic carbocycles. The molecule has 0 aliphatic heterocycles. The first-order chi connectivity index (χ1) is 10.8. The van der Waals surface area contributed by atoms with Gasteiger partial charge in [-0.1, -0.05) is 25.1 Å². The molecule has 1 saturated carbocycles. The lowest BCUT2D eigenvalue weighted by molar-refractivity contribution is 0.409. The summed E-state index contributed by atoms with van der Waals surface area (Å²) in [6.07, 6.45) is 7.19. The number of aryl methyl sites for hydroxylation is 1. The monoisotopic (exact) mass is 311 g/mol. The molecule has 1 aromatic carbocycles. The number of benzene rings is 1. The Morgan fingerprint density at radius 1 is 1.27 bits per heavy atom. The highest BCUT2D eigenvalue weighted by Crippen LogP contribution is 2.29. The Balaban J connectivity index is 1.70. The summed E-state index contributed by atoms with van der Waals surface area (Å²) in [6, 6.07) is 13.1. The third kappa shape index (κ3) is 3.83. The SMILES string of the molecule is CCc1cccc(NC(=S)N(Cc2cccnc2)C2CC2)c1. The number of thiocarbonyl (C=S) groups is 1. The van der Waals surface area contributed by atoms with Crippen LogP contribution in [0.4, 0.5) is 5.69 Å². The van der Waals surface area contributed by atoms with Crippen LogP contribution in [0.1, 0.15) is 30.9 Å². The Bertz CT molecular complexity index is 638. The van der Waals surface area contributed by atoms with Gasteiger partial charge in [0.05, 0.1) is 0 Å². The van der Waals surface area contributed by atoms with Gasteiger partial charge in [0, 0.05) is 30.7 Å². The van der Waals surface area contributed by atoms with Crippen molar-refractivity contribution in [3.8, 4) is 0 Å². The van der Waals surface area contributed by atoms with E-state index in [4.69, 9.17) is 12.2 Å². The molecule has 2 aromatic rings. The zero-order chi connectivity index (χ0) is 15.4. The van der Waals surface area contributed by atoms with Gasteiger partial charge in [0.1, 0.15) is 0 Å². The van der Waals surface area contributed by atoms with Crippen molar-refractivity contribution in [2.75, 3.05) is 5.32 Å². The van der Waals surface area contributed by atoms with Crippen LogP contribution in [0.3, 0.4) is 0 Å². The van der Waals surface area contributed by atoms with E-state index in [0.717, 1.165) is 23.8 Å². The normalized spacial score (nSPS) is 13.7. The molecule has 1 heterocycles. The molecule has 0 bridgehead atoms. The number of hydrogen-bond acceptors (Lipinski definition) is 2. The van der Waals surface area contributed by atoms with Crippen molar-refractivity contribution < 1.29 is 0 Å². The van der Waals surface area contributed by atoms with Crippen molar-refractivity contribution in [2.24, 2.45) is 0 Å². The summed E-state index contributed by atoms with van der Waals surface area (Å²) in [5, 5.41) is 4.20. The molecule has 0 unspecified atom stereocenters. The highest BCUT2D eigenvalue weighted by Gasteiger charge is 2.30. The van der Waals surface area contributed by atoms with Crippen molar-refractivity contribution in [3.63, 3.8) is 0 Å². The van der Waals surface area contributed by atoms with E-state index in [1.165, 1.54) is 24.0 Å². The molecule has 114 valence electrons. The Hall–Kier alpha value is -1.94. The van der Waals surface area contributed by atoms with Gasteiger partial charge in [0.25, 0.3) is 0 Å². The Morgan fingerprint density at radius 2 is 2.09 bits per heavy atom. The molecule has 0 saturated heterocycles. The van der Waals surface area contributed by atoms with Gasteiger partial charge in [0.2, 0.25) is 0 Å². The van der Waals surface area contributed by atoms with E-state index >= 15 is 0 Å². The van der Waals surface area contributed by atoms with Crippen LogP contribution in [0.15, 0.2) is 48.8 Å². The third-order valence-electron chi connectivity index (χ3n) is 3.91. The van der Waals surface area contributed by atoms with Crippen LogP contribution in [0.2, 0.25) is 0 Å². The van der Waals surface area contributed by atoms with Crippen LogP contribution in [-0.2, 0) is 13.0 Å². The maximum absolute atomic E-state index is 5.65. The number of anilines is 1. The van der Waals surface area contributed by atoms with Crippen LogP contribution in [0.5, 0.6) is 0 Å². The van der Waals surface area contributed by atoms with Gasteiger partial charge in [-0.3, -0.25) is 4.98 Å². The molecule has 4 heteroatoms. The zero-order valence-corrected chi connectivity index (χ0v) is 13.6. The topological polar surface area (TPSA) is 28.2 Å². The maximum Gasteiger partial charge on any atom is 0.173 e. The van der Waals surface area contributed by atoms with Gasteiger partial charge in [0.15, 0.2) is 5.11 Å². The van der Waals surface area contributed by atoms with Gasteiger partial charge in [-0.05, 0) is 60.8 Å². The first-order valence-corrected chi connectivity index (χ1v) is 8.22. The van der Waals surface area contributed by atoms with Crippen LogP contribution < -0.4 is 5.32 Å². The summed E-state index contributed by atoms with van der Waals surface area (Å²) < 4.78 is 0. The Morgan fingerprint density at radius 3 is 2.77 bits per heavy atom. The zero-order valence-electron chi connectivity index (χ0n) is 12.8. The Kier molecular flexibility index (Phi) is 4.68. The number of nitrogens with one attached hydrogen (secondary N) is 1. The number of pyridine rings is 1. The second-order valence-corrected chi connectivity index (χ2v) is 6.09. The average molecular weight is 311 g/mol. The molecule has 1 fully saturated rings. The first-order valence-electron chi connectivity index (χ1n) is 7.81. The van der Waals surface area contributed by atoms with Gasteiger partial charge >= 0.3 is 0 Å². The lowest BCUT2D eigenvalue weighted by atomic mass is 10.1. The molecule has 1 aliphatic rings. The fourth-order valence-electron chi connectivity index (χ4n) is 2.51. The van der Waals surface area contributed by atoms with Crippen molar-refractivity contribution in [1.82, 2.24) is 9.88 Å². The molecule has 0 amide bonds. The minimum Gasteiger partial charge on any atom is -0.342 e. The Labute approximate surface area is 137 Å². The summed E-state index contributed by atoms with van der Waals surface area (Å²) in [5.74, 6) is 0. The minimum atomic E-state index is 0.564. The lowest BCUT2D eigenvalue weighted by Crippen LogP contribution is -2.36. The summed E-state index contributed by atoms with van der Waals surface area (Å²) in [5.41, 5.74) is 3.58. The van der Waals surface area contributed by atoms with Crippen LogP contribution in [0, 0.1) is 0 Å². The van der Waals surface area contributed by atoms with Gasteiger partial charge in [-0.25, -0.2) is 0 Å². The van der Waals surface area contributed by atoms with E-state index in [1.807, 2.05) is 12.3 Å². The van der Waals surface area contributed by atoms with Crippen molar-refractivity contribution in [2.45, 2.75) is 38.8 Å². The molecular formula is C18H21N3S. The van der Waals surface area contributed by atoms with E-state index < -0.39 is 0 Å². The summed E-state index contributed by atoms with van der Waals surface area (Å²) in [7, 11) is 0. The predicted molar refractivity (Wildman–Crippen MR) is 94.8 cm³/mol. The molecule has 0 spiro atoms. The fraction of sp³-hybridized carbons (Fsp3) is 0.333. The van der Waals surface area contributed by atoms with E-state index in [-0.39, 0.29) is 0 Å². The summed E-state index contributed by atoms with van der Waals surface area (Å²) in [6.45, 7) is 2.98. The standard InChI is InChI=1S/C18H21N3S/c1-2-14-5-3-7-16(11-14)20-18(22)21(17-8-9-17)13-15-6-4-10-19-12-15/h3-7,10-12,17H,2,8-9,13H2,1H3,(H,20,22). The first kappa shape index (κ1) is 15.0. The number of aromatic nitrogens is 1. The highest BCUT2D eigenvalue weighted by atomic mass is 32.1. The van der Waals surface area contributed by atoms with Gasteiger partial charge < -0.3 is 10.2 Å². The second kappa shape index (κ2) is 6.88. The van der Waals surface area contributed by atoms with Crippen molar-refractivity contribution in [3.05, 3.63) is 59.9 Å². The van der Waals surface area contributed by atoms with Crippen LogP contribution in [0.25, 0.3) is 0 Å². The molecular weight excluding hydrogens is 290 g/mol. The fourth-order valence-corrected chi connectivity index (χ4v) is 2.84. The van der Waals surface area contributed by atoms with Crippen molar-refractivity contribution in [1.29, 1.82) is 0 Å². The van der Waals surface area contributed by atoms with Crippen molar-refractivity contribution >= 4 is 23.0 Å². The molecule has 3 nitrogen and oxygen atoms in total. The predicted octanol–water partition coefficient (Wildman–Crippen LogP) is 4.01. The molecule has 1 N–H and O–H groups in total.